The highest BCUT2D eigenvalue weighted by Gasteiger charge is 2.39. The molecule has 0 aromatic heterocycles. The molecule has 0 amide bonds. The maximum Gasteiger partial charge on any atom is 0.231 e. The lowest BCUT2D eigenvalue weighted by Gasteiger charge is -2.35. The van der Waals surface area contributed by atoms with Crippen LogP contribution in [0.2, 0.25) is 0 Å². The molecule has 2 aliphatic heterocycles. The second kappa shape index (κ2) is 8.80. The van der Waals surface area contributed by atoms with E-state index in [9.17, 15) is 5.11 Å². The van der Waals surface area contributed by atoms with Crippen LogP contribution in [0.5, 0.6) is 11.5 Å². The van der Waals surface area contributed by atoms with Crippen LogP contribution in [0.25, 0.3) is 0 Å². The molecule has 0 spiro atoms. The van der Waals surface area contributed by atoms with Crippen molar-refractivity contribution in [1.29, 1.82) is 0 Å². The third-order valence-corrected chi connectivity index (χ3v) is 7.30. The van der Waals surface area contributed by atoms with E-state index in [-0.39, 0.29) is 6.10 Å². The maximum atomic E-state index is 10.4. The molecular formula is C23H34N2O4. The molecule has 1 aromatic carbocycles. The molecule has 2 bridgehead atoms. The van der Waals surface area contributed by atoms with Crippen molar-refractivity contribution in [1.82, 2.24) is 9.80 Å². The van der Waals surface area contributed by atoms with Crippen LogP contribution in [0.1, 0.15) is 31.2 Å². The van der Waals surface area contributed by atoms with Crippen LogP contribution in [0.3, 0.4) is 0 Å². The molecule has 0 radical (unpaired) electrons. The van der Waals surface area contributed by atoms with E-state index >= 15 is 0 Å². The smallest absolute Gasteiger partial charge is 0.231 e. The van der Waals surface area contributed by atoms with Crippen LogP contribution in [-0.2, 0) is 11.3 Å². The molecule has 2 saturated carbocycles. The maximum absolute atomic E-state index is 10.4. The molecule has 160 valence electrons. The molecule has 0 unspecified atom stereocenters. The minimum absolute atomic E-state index is 0.325. The predicted molar refractivity (Wildman–Crippen MR) is 110 cm³/mol. The zero-order chi connectivity index (χ0) is 19.6. The Balaban J connectivity index is 0.989. The highest BCUT2D eigenvalue weighted by atomic mass is 16.7. The summed E-state index contributed by atoms with van der Waals surface area (Å²) in [5, 5.41) is 10.4. The number of benzene rings is 1. The summed E-state index contributed by atoms with van der Waals surface area (Å²) in [5.41, 5.74) is 1.26. The van der Waals surface area contributed by atoms with Crippen LogP contribution in [-0.4, -0.2) is 73.7 Å². The number of aliphatic hydroxyl groups excluding tert-OH is 1. The Morgan fingerprint density at radius 2 is 1.86 bits per heavy atom. The minimum atomic E-state index is -0.381. The standard InChI is InChI=1S/C23H34N2O4/c26-21(15-27-14-20-10-17-1-3-19(20)9-17)13-25-7-5-24(6-8-25)12-18-2-4-22-23(11-18)29-16-28-22/h2,4,11,17,19-21,26H,1,3,5-10,12-16H2/t17-,19-,20+,21+/m1/s1. The molecule has 2 heterocycles. The van der Waals surface area contributed by atoms with E-state index in [1.807, 2.05) is 6.07 Å². The summed E-state index contributed by atoms with van der Waals surface area (Å²) in [6, 6.07) is 6.21. The molecule has 3 fully saturated rings. The molecule has 29 heavy (non-hydrogen) atoms. The fourth-order valence-corrected chi connectivity index (χ4v) is 5.71. The normalized spacial score (nSPS) is 30.2. The van der Waals surface area contributed by atoms with Crippen LogP contribution in [0.4, 0.5) is 0 Å². The lowest BCUT2D eigenvalue weighted by Crippen LogP contribution is -2.48. The van der Waals surface area contributed by atoms with Gasteiger partial charge in [0.25, 0.3) is 0 Å². The van der Waals surface area contributed by atoms with E-state index in [0.717, 1.165) is 68.6 Å². The summed E-state index contributed by atoms with van der Waals surface area (Å²) in [7, 11) is 0. The highest BCUT2D eigenvalue weighted by molar-refractivity contribution is 5.44. The van der Waals surface area contributed by atoms with Gasteiger partial charge in [0.05, 0.1) is 12.7 Å². The highest BCUT2D eigenvalue weighted by Crippen LogP contribution is 2.48. The number of hydrogen-bond donors (Lipinski definition) is 1. The van der Waals surface area contributed by atoms with Gasteiger partial charge in [-0.25, -0.2) is 0 Å². The van der Waals surface area contributed by atoms with Gasteiger partial charge in [0, 0.05) is 45.9 Å². The molecular weight excluding hydrogens is 368 g/mol. The van der Waals surface area contributed by atoms with Crippen molar-refractivity contribution in [2.24, 2.45) is 17.8 Å². The monoisotopic (exact) mass is 402 g/mol. The molecule has 4 atom stereocenters. The predicted octanol–water partition coefficient (Wildman–Crippen LogP) is 2.35. The average molecular weight is 403 g/mol. The fourth-order valence-electron chi connectivity index (χ4n) is 5.71. The third kappa shape index (κ3) is 4.71. The number of rotatable bonds is 8. The molecule has 1 saturated heterocycles. The number of β-amino-alcohol motifs (C(OH)–C–C–N with tert-alkyl or cyclic N) is 1. The summed E-state index contributed by atoms with van der Waals surface area (Å²) in [6.45, 7) is 7.33. The second-order valence-corrected chi connectivity index (χ2v) is 9.39. The Morgan fingerprint density at radius 3 is 2.66 bits per heavy atom. The fraction of sp³-hybridized carbons (Fsp3) is 0.739. The summed E-state index contributed by atoms with van der Waals surface area (Å²) in [6.07, 6.45) is 5.23. The molecule has 6 heteroatoms. The van der Waals surface area contributed by atoms with Gasteiger partial charge in [-0.1, -0.05) is 12.5 Å². The zero-order valence-corrected chi connectivity index (χ0v) is 17.3. The lowest BCUT2D eigenvalue weighted by molar-refractivity contribution is -0.00897. The Kier molecular flexibility index (Phi) is 5.95. The molecule has 1 aromatic rings. The zero-order valence-electron chi connectivity index (χ0n) is 17.3. The van der Waals surface area contributed by atoms with Crippen molar-refractivity contribution >= 4 is 0 Å². The van der Waals surface area contributed by atoms with Crippen LogP contribution < -0.4 is 9.47 Å². The minimum Gasteiger partial charge on any atom is -0.454 e. The first-order valence-corrected chi connectivity index (χ1v) is 11.3. The van der Waals surface area contributed by atoms with Gasteiger partial charge in [0.15, 0.2) is 11.5 Å². The molecule has 2 aliphatic carbocycles. The lowest BCUT2D eigenvalue weighted by atomic mass is 9.90. The van der Waals surface area contributed by atoms with Crippen molar-refractivity contribution in [2.75, 3.05) is 52.7 Å². The average Bonchev–Trinajstić information content (AvgIpc) is 3.46. The van der Waals surface area contributed by atoms with E-state index in [4.69, 9.17) is 14.2 Å². The Morgan fingerprint density at radius 1 is 1.03 bits per heavy atom. The molecule has 1 N–H and O–H groups in total. The first kappa shape index (κ1) is 19.6. The Bertz CT molecular complexity index is 691. The van der Waals surface area contributed by atoms with E-state index in [1.165, 1.54) is 31.2 Å². The van der Waals surface area contributed by atoms with Gasteiger partial charge in [-0.15, -0.1) is 0 Å². The number of hydrogen-bond acceptors (Lipinski definition) is 6. The number of nitrogens with zero attached hydrogens (tertiary/aromatic N) is 2. The second-order valence-electron chi connectivity index (χ2n) is 9.39. The van der Waals surface area contributed by atoms with E-state index in [2.05, 4.69) is 21.9 Å². The van der Waals surface area contributed by atoms with Crippen molar-refractivity contribution in [3.8, 4) is 11.5 Å². The van der Waals surface area contributed by atoms with Crippen LogP contribution >= 0.6 is 0 Å². The molecule has 6 nitrogen and oxygen atoms in total. The third-order valence-electron chi connectivity index (χ3n) is 7.30. The number of ether oxygens (including phenoxy) is 3. The SMILES string of the molecule is O[C@H](COC[C@@H]1C[C@@H]2CC[C@@H]1C2)CN1CCN(Cc2ccc3c(c2)OCO3)CC1. The van der Waals surface area contributed by atoms with E-state index in [1.54, 1.807) is 0 Å². The van der Waals surface area contributed by atoms with Crippen LogP contribution in [0.15, 0.2) is 18.2 Å². The van der Waals surface area contributed by atoms with Gasteiger partial charge >= 0.3 is 0 Å². The Hall–Kier alpha value is -1.34. The van der Waals surface area contributed by atoms with Gasteiger partial charge in [0.2, 0.25) is 6.79 Å². The first-order valence-electron chi connectivity index (χ1n) is 11.3. The summed E-state index contributed by atoms with van der Waals surface area (Å²) in [5.74, 6) is 4.31. The van der Waals surface area contributed by atoms with Gasteiger partial charge in [-0.3, -0.25) is 9.80 Å². The van der Waals surface area contributed by atoms with Crippen molar-refractivity contribution in [3.05, 3.63) is 23.8 Å². The van der Waals surface area contributed by atoms with Gasteiger partial charge in [-0.2, -0.15) is 0 Å². The van der Waals surface area contributed by atoms with Crippen molar-refractivity contribution < 1.29 is 19.3 Å². The summed E-state index contributed by atoms with van der Waals surface area (Å²) < 4.78 is 16.8. The molecule has 5 rings (SSSR count). The van der Waals surface area contributed by atoms with Gasteiger partial charge in [-0.05, 0) is 54.7 Å². The van der Waals surface area contributed by atoms with Crippen molar-refractivity contribution in [3.63, 3.8) is 0 Å². The van der Waals surface area contributed by atoms with Crippen molar-refractivity contribution in [2.45, 2.75) is 38.3 Å². The van der Waals surface area contributed by atoms with E-state index < -0.39 is 0 Å². The van der Waals surface area contributed by atoms with Crippen LogP contribution in [0, 0.1) is 17.8 Å². The number of fused-ring (bicyclic) bond motifs is 3. The Labute approximate surface area is 173 Å². The largest absolute Gasteiger partial charge is 0.454 e. The first-order chi connectivity index (χ1) is 14.2. The van der Waals surface area contributed by atoms with Gasteiger partial charge < -0.3 is 19.3 Å². The number of aliphatic hydroxyl groups is 1. The van der Waals surface area contributed by atoms with Gasteiger partial charge in [0.1, 0.15) is 0 Å². The topological polar surface area (TPSA) is 54.4 Å². The molecule has 4 aliphatic rings. The summed E-state index contributed by atoms with van der Waals surface area (Å²) >= 11 is 0. The summed E-state index contributed by atoms with van der Waals surface area (Å²) in [4.78, 5) is 4.83. The quantitative estimate of drug-likeness (QED) is 0.720. The number of piperazine rings is 1. The van der Waals surface area contributed by atoms with E-state index in [0.29, 0.717) is 19.9 Å².